The molecule has 2 rings (SSSR count). The fraction of sp³-hybridized carbons (Fsp3) is 0.176. The van der Waals surface area contributed by atoms with Crippen LogP contribution in [0, 0.1) is 17.0 Å². The number of carbonyl (C=O) groups is 1. The predicted molar refractivity (Wildman–Crippen MR) is 91.8 cm³/mol. The molecule has 0 aromatic heterocycles. The van der Waals surface area contributed by atoms with E-state index in [1.807, 2.05) is 0 Å². The first-order chi connectivity index (χ1) is 11.9. The number of ether oxygens (including phenoxy) is 1. The highest BCUT2D eigenvalue weighted by atomic mass is 16.6. The Morgan fingerprint density at radius 3 is 2.72 bits per heavy atom. The standard InChI is InChI=1S/C17H17N3O5/c1-11-7-8-16(14(9-11)20(23)24)25-10-17(22)19-18-12(2)13-5-3-4-6-15(13)21/h3-9,21H,10H2,1-2H3,(H,19,22)/b18-12-. The van der Waals surface area contributed by atoms with Gasteiger partial charge in [-0.2, -0.15) is 5.10 Å². The molecule has 1 amide bonds. The van der Waals surface area contributed by atoms with Gasteiger partial charge in [0, 0.05) is 11.6 Å². The molecule has 0 bridgehead atoms. The molecule has 2 N–H and O–H groups in total. The number of nitro benzene ring substituents is 1. The Labute approximate surface area is 143 Å². The Morgan fingerprint density at radius 1 is 1.32 bits per heavy atom. The number of nitrogens with zero attached hydrogens (tertiary/aromatic N) is 2. The number of amides is 1. The maximum Gasteiger partial charge on any atom is 0.311 e. The smallest absolute Gasteiger partial charge is 0.311 e. The van der Waals surface area contributed by atoms with Crippen LogP contribution in [0.4, 0.5) is 5.69 Å². The van der Waals surface area contributed by atoms with Crippen LogP contribution in [-0.2, 0) is 4.79 Å². The summed E-state index contributed by atoms with van der Waals surface area (Å²) in [6.07, 6.45) is 0. The largest absolute Gasteiger partial charge is 0.507 e. The van der Waals surface area contributed by atoms with Crippen LogP contribution in [0.5, 0.6) is 11.5 Å². The van der Waals surface area contributed by atoms with Crippen LogP contribution >= 0.6 is 0 Å². The first-order valence-electron chi connectivity index (χ1n) is 7.38. The van der Waals surface area contributed by atoms with Crippen molar-refractivity contribution in [1.29, 1.82) is 0 Å². The summed E-state index contributed by atoms with van der Waals surface area (Å²) in [5.74, 6) is -0.527. The van der Waals surface area contributed by atoms with Crippen LogP contribution in [0.3, 0.4) is 0 Å². The number of benzene rings is 2. The number of nitrogens with one attached hydrogen (secondary N) is 1. The van der Waals surface area contributed by atoms with Crippen LogP contribution in [-0.4, -0.2) is 28.3 Å². The molecule has 8 nitrogen and oxygen atoms in total. The molecule has 2 aromatic carbocycles. The van der Waals surface area contributed by atoms with Gasteiger partial charge in [-0.05, 0) is 37.6 Å². The third kappa shape index (κ3) is 4.77. The molecule has 0 spiro atoms. The van der Waals surface area contributed by atoms with Gasteiger partial charge in [-0.15, -0.1) is 0 Å². The summed E-state index contributed by atoms with van der Waals surface area (Å²) in [7, 11) is 0. The lowest BCUT2D eigenvalue weighted by Gasteiger charge is -2.07. The van der Waals surface area contributed by atoms with Crippen LogP contribution in [0.1, 0.15) is 18.1 Å². The quantitative estimate of drug-likeness (QED) is 0.475. The predicted octanol–water partition coefficient (Wildman–Crippen LogP) is 2.53. The van der Waals surface area contributed by atoms with Crippen LogP contribution in [0.2, 0.25) is 0 Å². The fourth-order valence-electron chi connectivity index (χ4n) is 2.05. The minimum Gasteiger partial charge on any atom is -0.507 e. The molecule has 0 fully saturated rings. The molecule has 0 aliphatic carbocycles. The van der Waals surface area contributed by atoms with Crippen molar-refractivity contribution in [3.8, 4) is 11.5 Å². The van der Waals surface area contributed by atoms with Gasteiger partial charge < -0.3 is 9.84 Å². The van der Waals surface area contributed by atoms with Crippen molar-refractivity contribution < 1.29 is 19.6 Å². The summed E-state index contributed by atoms with van der Waals surface area (Å²) in [5, 5.41) is 24.6. The van der Waals surface area contributed by atoms with E-state index in [-0.39, 0.29) is 17.2 Å². The number of rotatable bonds is 6. The highest BCUT2D eigenvalue weighted by molar-refractivity contribution is 6.01. The van der Waals surface area contributed by atoms with E-state index in [2.05, 4.69) is 10.5 Å². The highest BCUT2D eigenvalue weighted by Crippen LogP contribution is 2.27. The zero-order valence-corrected chi connectivity index (χ0v) is 13.7. The van der Waals surface area contributed by atoms with Crippen LogP contribution < -0.4 is 10.2 Å². The minimum absolute atomic E-state index is 0.00663. The summed E-state index contributed by atoms with van der Waals surface area (Å²) in [6, 6.07) is 11.0. The molecule has 25 heavy (non-hydrogen) atoms. The van der Waals surface area contributed by atoms with Gasteiger partial charge in [0.05, 0.1) is 10.6 Å². The number of hydrazone groups is 1. The Hall–Kier alpha value is -3.42. The van der Waals surface area contributed by atoms with Gasteiger partial charge in [0.25, 0.3) is 5.91 Å². The lowest BCUT2D eigenvalue weighted by Crippen LogP contribution is -2.25. The zero-order valence-electron chi connectivity index (χ0n) is 13.7. The van der Waals surface area contributed by atoms with Gasteiger partial charge in [0.1, 0.15) is 5.75 Å². The number of nitro groups is 1. The van der Waals surface area contributed by atoms with Crippen molar-refractivity contribution in [2.75, 3.05) is 6.61 Å². The Balaban J connectivity index is 1.99. The van der Waals surface area contributed by atoms with Gasteiger partial charge >= 0.3 is 5.69 Å². The van der Waals surface area contributed by atoms with Crippen LogP contribution in [0.15, 0.2) is 47.6 Å². The molecule has 0 aliphatic heterocycles. The Morgan fingerprint density at radius 2 is 2.04 bits per heavy atom. The van der Waals surface area contributed by atoms with E-state index in [1.165, 1.54) is 18.2 Å². The van der Waals surface area contributed by atoms with Gasteiger partial charge in [-0.25, -0.2) is 5.43 Å². The molecule has 130 valence electrons. The van der Waals surface area contributed by atoms with Crippen molar-refractivity contribution >= 4 is 17.3 Å². The SMILES string of the molecule is C/C(=N/NC(=O)COc1ccc(C)cc1[N+](=O)[O-])c1ccccc1O. The summed E-state index contributed by atoms with van der Waals surface area (Å²) >= 11 is 0. The molecule has 0 radical (unpaired) electrons. The Bertz CT molecular complexity index is 833. The van der Waals surface area contributed by atoms with Gasteiger partial charge in [-0.1, -0.05) is 18.2 Å². The number of para-hydroxylation sites is 1. The van der Waals surface area contributed by atoms with Crippen molar-refractivity contribution in [2.45, 2.75) is 13.8 Å². The van der Waals surface area contributed by atoms with Crippen molar-refractivity contribution in [3.63, 3.8) is 0 Å². The molecule has 2 aromatic rings. The molecule has 0 atom stereocenters. The van der Waals surface area contributed by atoms with E-state index in [1.54, 1.807) is 38.1 Å². The number of aryl methyl sites for hydroxylation is 1. The van der Waals surface area contributed by atoms with Crippen molar-refractivity contribution in [3.05, 3.63) is 63.7 Å². The lowest BCUT2D eigenvalue weighted by molar-refractivity contribution is -0.385. The van der Waals surface area contributed by atoms with Crippen LogP contribution in [0.25, 0.3) is 0 Å². The maximum absolute atomic E-state index is 11.8. The number of phenolic OH excluding ortho intramolecular Hbond substituents is 1. The van der Waals surface area contributed by atoms with E-state index >= 15 is 0 Å². The van der Waals surface area contributed by atoms with Gasteiger partial charge in [0.15, 0.2) is 12.4 Å². The normalized spacial score (nSPS) is 11.0. The first-order valence-corrected chi connectivity index (χ1v) is 7.38. The third-order valence-electron chi connectivity index (χ3n) is 3.31. The zero-order chi connectivity index (χ0) is 18.4. The second-order valence-corrected chi connectivity index (χ2v) is 5.27. The second-order valence-electron chi connectivity index (χ2n) is 5.27. The summed E-state index contributed by atoms with van der Waals surface area (Å²) in [5.41, 5.74) is 3.68. The minimum atomic E-state index is -0.579. The average molecular weight is 343 g/mol. The highest BCUT2D eigenvalue weighted by Gasteiger charge is 2.16. The number of carbonyl (C=O) groups excluding carboxylic acids is 1. The van der Waals surface area contributed by atoms with E-state index in [9.17, 15) is 20.0 Å². The number of phenols is 1. The Kier molecular flexibility index (Phi) is 5.67. The second kappa shape index (κ2) is 7.91. The molecular weight excluding hydrogens is 326 g/mol. The van der Waals surface area contributed by atoms with E-state index < -0.39 is 17.4 Å². The monoisotopic (exact) mass is 343 g/mol. The molecule has 0 heterocycles. The third-order valence-corrected chi connectivity index (χ3v) is 3.31. The summed E-state index contributed by atoms with van der Waals surface area (Å²) in [6.45, 7) is 2.92. The van der Waals surface area contributed by atoms with Gasteiger partial charge in [0.2, 0.25) is 0 Å². The number of hydrogen-bond donors (Lipinski definition) is 2. The molecule has 0 saturated heterocycles. The topological polar surface area (TPSA) is 114 Å². The first kappa shape index (κ1) is 17.9. The maximum atomic E-state index is 11.8. The van der Waals surface area contributed by atoms with Crippen molar-refractivity contribution in [1.82, 2.24) is 5.43 Å². The fourth-order valence-corrected chi connectivity index (χ4v) is 2.05. The van der Waals surface area contributed by atoms with Crippen molar-refractivity contribution in [2.24, 2.45) is 5.10 Å². The molecule has 8 heteroatoms. The molecule has 0 saturated carbocycles. The van der Waals surface area contributed by atoms with E-state index in [0.29, 0.717) is 16.8 Å². The summed E-state index contributed by atoms with van der Waals surface area (Å²) < 4.78 is 5.20. The van der Waals surface area contributed by atoms with Gasteiger partial charge in [-0.3, -0.25) is 14.9 Å². The van der Waals surface area contributed by atoms with E-state index in [0.717, 1.165) is 0 Å². The van der Waals surface area contributed by atoms with E-state index in [4.69, 9.17) is 4.74 Å². The average Bonchev–Trinajstić information content (AvgIpc) is 2.58. The number of hydrogen-bond acceptors (Lipinski definition) is 6. The molecule has 0 aliphatic rings. The molecular formula is C17H17N3O5. The lowest BCUT2D eigenvalue weighted by atomic mass is 10.1. The molecule has 0 unspecified atom stereocenters. The summed E-state index contributed by atoms with van der Waals surface area (Å²) in [4.78, 5) is 22.2. The number of aromatic hydroxyl groups is 1.